The maximum absolute atomic E-state index is 10.6. The summed E-state index contributed by atoms with van der Waals surface area (Å²) in [6.45, 7) is 7.57. The van der Waals surface area contributed by atoms with Gasteiger partial charge in [-0.25, -0.2) is 0 Å². The largest absolute Gasteiger partial charge is 0.393 e. The molecule has 0 amide bonds. The third-order valence-corrected chi connectivity index (χ3v) is 4.90. The van der Waals surface area contributed by atoms with Crippen LogP contribution in [0.25, 0.3) is 0 Å². The fourth-order valence-corrected chi connectivity index (χ4v) is 3.14. The normalized spacial score (nSPS) is 34.8. The molecular formula is C20H34O3. The van der Waals surface area contributed by atoms with E-state index in [9.17, 15) is 15.3 Å². The molecule has 0 radical (unpaired) electrons. The van der Waals surface area contributed by atoms with Crippen molar-refractivity contribution in [3.05, 3.63) is 34.9 Å². The highest BCUT2D eigenvalue weighted by Gasteiger charge is 2.35. The van der Waals surface area contributed by atoms with E-state index >= 15 is 0 Å². The first-order chi connectivity index (χ1) is 10.8. The van der Waals surface area contributed by atoms with Gasteiger partial charge in [0.2, 0.25) is 0 Å². The number of aliphatic hydroxyl groups excluding tert-OH is 2. The van der Waals surface area contributed by atoms with E-state index in [4.69, 9.17) is 0 Å². The standard InChI is InChI=1S/C20H34O3/c1-15-7-5-9-16(2)11-12-18(20(4,23)14-21)19(22)13-17(3)10-6-8-15/h8-9,13,18-19,21-23H,5-7,10-12,14H2,1-4H3/b15-8+,16-9+,17-13+/t18?,19-,20-/m0/s1. The number of hydrogen-bond acceptors (Lipinski definition) is 3. The molecular weight excluding hydrogens is 288 g/mol. The number of aliphatic hydroxyl groups is 3. The van der Waals surface area contributed by atoms with Crippen LogP contribution in [-0.2, 0) is 0 Å². The third-order valence-electron chi connectivity index (χ3n) is 4.90. The molecule has 0 aromatic carbocycles. The Morgan fingerprint density at radius 2 is 1.52 bits per heavy atom. The maximum Gasteiger partial charge on any atom is 0.0905 e. The van der Waals surface area contributed by atoms with Gasteiger partial charge >= 0.3 is 0 Å². The van der Waals surface area contributed by atoms with Crippen LogP contribution in [0.5, 0.6) is 0 Å². The Balaban J connectivity index is 3.01. The molecule has 3 atom stereocenters. The van der Waals surface area contributed by atoms with E-state index in [1.807, 2.05) is 13.0 Å². The van der Waals surface area contributed by atoms with Crippen molar-refractivity contribution in [2.45, 2.75) is 77.9 Å². The maximum atomic E-state index is 10.6. The van der Waals surface area contributed by atoms with Crippen molar-refractivity contribution in [3.63, 3.8) is 0 Å². The zero-order chi connectivity index (χ0) is 17.5. The molecule has 1 unspecified atom stereocenters. The molecule has 0 aliphatic heterocycles. The summed E-state index contributed by atoms with van der Waals surface area (Å²) < 4.78 is 0. The lowest BCUT2D eigenvalue weighted by Gasteiger charge is -2.34. The van der Waals surface area contributed by atoms with E-state index in [2.05, 4.69) is 26.0 Å². The summed E-state index contributed by atoms with van der Waals surface area (Å²) >= 11 is 0. The van der Waals surface area contributed by atoms with Crippen molar-refractivity contribution in [2.75, 3.05) is 6.61 Å². The first-order valence-electron chi connectivity index (χ1n) is 8.76. The Bertz CT molecular complexity index is 458. The highest BCUT2D eigenvalue weighted by Crippen LogP contribution is 2.29. The summed E-state index contributed by atoms with van der Waals surface area (Å²) in [7, 11) is 0. The van der Waals surface area contributed by atoms with Crippen LogP contribution in [0.15, 0.2) is 34.9 Å². The van der Waals surface area contributed by atoms with Crippen molar-refractivity contribution in [1.29, 1.82) is 0 Å². The Hall–Kier alpha value is -0.900. The van der Waals surface area contributed by atoms with Gasteiger partial charge in [0.1, 0.15) is 0 Å². The summed E-state index contributed by atoms with van der Waals surface area (Å²) in [6.07, 6.45) is 11.1. The summed E-state index contributed by atoms with van der Waals surface area (Å²) in [5.41, 5.74) is 2.55. The van der Waals surface area contributed by atoms with E-state index in [1.165, 1.54) is 11.1 Å². The molecule has 0 heterocycles. The van der Waals surface area contributed by atoms with Crippen LogP contribution in [0.2, 0.25) is 0 Å². The van der Waals surface area contributed by atoms with Gasteiger partial charge in [-0.3, -0.25) is 0 Å². The minimum absolute atomic E-state index is 0.341. The van der Waals surface area contributed by atoms with Gasteiger partial charge in [0.15, 0.2) is 0 Å². The van der Waals surface area contributed by atoms with Crippen LogP contribution in [0, 0.1) is 5.92 Å². The predicted molar refractivity (Wildman–Crippen MR) is 96.2 cm³/mol. The van der Waals surface area contributed by atoms with E-state index in [0.29, 0.717) is 6.42 Å². The molecule has 1 aliphatic rings. The van der Waals surface area contributed by atoms with Crippen molar-refractivity contribution in [2.24, 2.45) is 5.92 Å². The van der Waals surface area contributed by atoms with E-state index in [-0.39, 0.29) is 12.5 Å². The van der Waals surface area contributed by atoms with Crippen LogP contribution in [0.4, 0.5) is 0 Å². The van der Waals surface area contributed by atoms with Crippen molar-refractivity contribution < 1.29 is 15.3 Å². The second-order valence-corrected chi connectivity index (χ2v) is 7.34. The molecule has 3 N–H and O–H groups in total. The van der Waals surface area contributed by atoms with Gasteiger partial charge in [-0.05, 0) is 66.2 Å². The van der Waals surface area contributed by atoms with Gasteiger partial charge in [0, 0.05) is 5.92 Å². The van der Waals surface area contributed by atoms with Gasteiger partial charge in [-0.15, -0.1) is 0 Å². The molecule has 0 bridgehead atoms. The predicted octanol–water partition coefficient (Wildman–Crippen LogP) is 3.90. The molecule has 132 valence electrons. The van der Waals surface area contributed by atoms with E-state index < -0.39 is 11.7 Å². The molecule has 3 nitrogen and oxygen atoms in total. The van der Waals surface area contributed by atoms with Gasteiger partial charge < -0.3 is 15.3 Å². The highest BCUT2D eigenvalue weighted by atomic mass is 16.3. The lowest BCUT2D eigenvalue weighted by Crippen LogP contribution is -2.44. The van der Waals surface area contributed by atoms with Gasteiger partial charge in [0.05, 0.1) is 18.3 Å². The average molecular weight is 322 g/mol. The quantitative estimate of drug-likeness (QED) is 0.676. The average Bonchev–Trinajstić information content (AvgIpc) is 2.46. The van der Waals surface area contributed by atoms with Crippen molar-refractivity contribution in [1.82, 2.24) is 0 Å². The molecule has 1 rings (SSSR count). The highest BCUT2D eigenvalue weighted by molar-refractivity contribution is 5.10. The number of hydrogen-bond donors (Lipinski definition) is 3. The monoisotopic (exact) mass is 322 g/mol. The minimum atomic E-state index is -1.27. The number of rotatable bonds is 2. The summed E-state index contributed by atoms with van der Waals surface area (Å²) in [5.74, 6) is -0.369. The summed E-state index contributed by atoms with van der Waals surface area (Å²) in [4.78, 5) is 0. The lowest BCUT2D eigenvalue weighted by atomic mass is 9.80. The fourth-order valence-electron chi connectivity index (χ4n) is 3.14. The van der Waals surface area contributed by atoms with E-state index in [0.717, 1.165) is 37.7 Å². The summed E-state index contributed by atoms with van der Waals surface area (Å²) in [6, 6.07) is 0. The lowest BCUT2D eigenvalue weighted by molar-refractivity contribution is -0.0809. The Kier molecular flexibility index (Phi) is 8.24. The topological polar surface area (TPSA) is 60.7 Å². The van der Waals surface area contributed by atoms with Gasteiger partial charge in [-0.2, -0.15) is 0 Å². The van der Waals surface area contributed by atoms with Crippen LogP contribution in [-0.4, -0.2) is 33.6 Å². The Morgan fingerprint density at radius 3 is 2.09 bits per heavy atom. The summed E-state index contributed by atoms with van der Waals surface area (Å²) in [5, 5.41) is 30.5. The molecule has 0 aromatic rings. The molecule has 23 heavy (non-hydrogen) atoms. The number of allylic oxidation sites excluding steroid dienone is 5. The second kappa shape index (κ2) is 9.41. The Morgan fingerprint density at radius 1 is 1.00 bits per heavy atom. The fraction of sp³-hybridized carbons (Fsp3) is 0.700. The smallest absolute Gasteiger partial charge is 0.0905 e. The molecule has 0 saturated carbocycles. The SMILES string of the molecule is C/C1=C\CC/C(C)=C/[C@H](O)C([C@@](C)(O)CO)CC/C(C)=C/CC1. The van der Waals surface area contributed by atoms with E-state index in [1.54, 1.807) is 6.92 Å². The molecule has 0 saturated heterocycles. The van der Waals surface area contributed by atoms with Gasteiger partial charge in [0.25, 0.3) is 0 Å². The minimum Gasteiger partial charge on any atom is -0.393 e. The van der Waals surface area contributed by atoms with Crippen LogP contribution < -0.4 is 0 Å². The first kappa shape index (κ1) is 20.1. The van der Waals surface area contributed by atoms with Crippen molar-refractivity contribution in [3.8, 4) is 0 Å². The Labute approximate surface area is 141 Å². The molecule has 0 aromatic heterocycles. The molecule has 0 fully saturated rings. The van der Waals surface area contributed by atoms with Crippen LogP contribution in [0.3, 0.4) is 0 Å². The van der Waals surface area contributed by atoms with Crippen LogP contribution >= 0.6 is 0 Å². The first-order valence-corrected chi connectivity index (χ1v) is 8.76. The molecule has 1 aliphatic carbocycles. The third kappa shape index (κ3) is 7.03. The zero-order valence-electron chi connectivity index (χ0n) is 15.2. The van der Waals surface area contributed by atoms with Gasteiger partial charge in [-0.1, -0.05) is 34.9 Å². The molecule has 3 heteroatoms. The van der Waals surface area contributed by atoms with Crippen LogP contribution in [0.1, 0.15) is 66.2 Å². The zero-order valence-corrected chi connectivity index (χ0v) is 15.2. The second-order valence-electron chi connectivity index (χ2n) is 7.34. The molecule has 0 spiro atoms. The van der Waals surface area contributed by atoms with Crippen molar-refractivity contribution >= 4 is 0 Å².